The van der Waals surface area contributed by atoms with Crippen LogP contribution in [0.3, 0.4) is 0 Å². The van der Waals surface area contributed by atoms with Gasteiger partial charge in [0.25, 0.3) is 0 Å². The largest absolute Gasteiger partial charge is 0.298 e. The second-order valence-corrected chi connectivity index (χ2v) is 6.10. The number of rotatable bonds is 4. The topological polar surface area (TPSA) is 21.1 Å². The van der Waals surface area contributed by atoms with Crippen LogP contribution in [0.5, 0.6) is 0 Å². The molecular formula is C14H14BrF2N3. The van der Waals surface area contributed by atoms with Crippen molar-refractivity contribution in [3.63, 3.8) is 0 Å². The monoisotopic (exact) mass is 341 g/mol. The second kappa shape index (κ2) is 5.61. The van der Waals surface area contributed by atoms with Crippen LogP contribution in [0.1, 0.15) is 5.56 Å². The first-order valence-corrected chi connectivity index (χ1v) is 7.23. The molecule has 0 radical (unpaired) electrons. The highest BCUT2D eigenvalue weighted by atomic mass is 79.9. The van der Waals surface area contributed by atoms with Crippen LogP contribution in [0.15, 0.2) is 35.1 Å². The molecule has 1 fully saturated rings. The molecule has 2 aromatic rings. The first kappa shape index (κ1) is 13.7. The molecule has 0 saturated carbocycles. The first-order chi connectivity index (χ1) is 9.60. The van der Waals surface area contributed by atoms with Crippen LogP contribution in [-0.4, -0.2) is 27.8 Å². The number of hydrogen-bond donors (Lipinski definition) is 0. The zero-order valence-electron chi connectivity index (χ0n) is 10.8. The SMILES string of the molecule is Fc1ccc(CN2CC(Cn3cc(Br)cn3)C2)cc1F. The van der Waals surface area contributed by atoms with Gasteiger partial charge in [0.15, 0.2) is 11.6 Å². The maximum absolute atomic E-state index is 13.1. The molecule has 0 N–H and O–H groups in total. The smallest absolute Gasteiger partial charge is 0.159 e. The van der Waals surface area contributed by atoms with E-state index in [9.17, 15) is 8.78 Å². The molecule has 1 saturated heterocycles. The molecule has 0 amide bonds. The van der Waals surface area contributed by atoms with E-state index in [4.69, 9.17) is 0 Å². The Morgan fingerprint density at radius 1 is 1.25 bits per heavy atom. The minimum absolute atomic E-state index is 0.562. The molecule has 0 spiro atoms. The molecule has 20 heavy (non-hydrogen) atoms. The van der Waals surface area contributed by atoms with Crippen LogP contribution in [0.4, 0.5) is 8.78 Å². The van der Waals surface area contributed by atoms with E-state index in [0.29, 0.717) is 12.5 Å². The van der Waals surface area contributed by atoms with E-state index in [1.54, 1.807) is 12.3 Å². The van der Waals surface area contributed by atoms with E-state index in [1.165, 1.54) is 12.1 Å². The standard InChI is InChI=1S/C14H14BrF2N3/c15-12-4-18-20(9-12)8-11-6-19(7-11)5-10-1-2-13(16)14(17)3-10/h1-4,9,11H,5-8H2. The van der Waals surface area contributed by atoms with Crippen molar-refractivity contribution < 1.29 is 8.78 Å². The molecule has 6 heteroatoms. The Morgan fingerprint density at radius 3 is 2.70 bits per heavy atom. The first-order valence-electron chi connectivity index (χ1n) is 6.44. The highest BCUT2D eigenvalue weighted by molar-refractivity contribution is 9.10. The maximum atomic E-state index is 13.1. The van der Waals surface area contributed by atoms with Gasteiger partial charge < -0.3 is 0 Å². The average molecular weight is 342 g/mol. The second-order valence-electron chi connectivity index (χ2n) is 5.19. The number of likely N-dealkylation sites (tertiary alicyclic amines) is 1. The third kappa shape index (κ3) is 3.07. The lowest BCUT2D eigenvalue weighted by Crippen LogP contribution is -2.47. The van der Waals surface area contributed by atoms with E-state index in [1.807, 2.05) is 10.9 Å². The summed E-state index contributed by atoms with van der Waals surface area (Å²) in [5.74, 6) is -1.01. The van der Waals surface area contributed by atoms with Crippen molar-refractivity contribution in [2.75, 3.05) is 13.1 Å². The van der Waals surface area contributed by atoms with Crippen molar-refractivity contribution in [2.24, 2.45) is 5.92 Å². The van der Waals surface area contributed by atoms with Gasteiger partial charge in [-0.25, -0.2) is 8.78 Å². The fourth-order valence-corrected chi connectivity index (χ4v) is 2.85. The molecule has 0 unspecified atom stereocenters. The summed E-state index contributed by atoms with van der Waals surface area (Å²) < 4.78 is 28.8. The van der Waals surface area contributed by atoms with Gasteiger partial charge in [0.1, 0.15) is 0 Å². The summed E-state index contributed by atoms with van der Waals surface area (Å²) in [5.41, 5.74) is 0.809. The number of aromatic nitrogens is 2. The van der Waals surface area contributed by atoms with Crippen molar-refractivity contribution in [3.05, 3.63) is 52.3 Å². The summed E-state index contributed by atoms with van der Waals surface area (Å²) in [4.78, 5) is 2.22. The van der Waals surface area contributed by atoms with Crippen LogP contribution in [0.25, 0.3) is 0 Å². The molecule has 1 aromatic carbocycles. The van der Waals surface area contributed by atoms with Gasteiger partial charge in [0.05, 0.1) is 10.7 Å². The average Bonchev–Trinajstić information content (AvgIpc) is 2.77. The third-order valence-corrected chi connectivity index (χ3v) is 3.88. The lowest BCUT2D eigenvalue weighted by Gasteiger charge is -2.39. The van der Waals surface area contributed by atoms with Crippen molar-refractivity contribution in [2.45, 2.75) is 13.1 Å². The highest BCUT2D eigenvalue weighted by Gasteiger charge is 2.27. The summed E-state index contributed by atoms with van der Waals surface area (Å²) >= 11 is 3.37. The van der Waals surface area contributed by atoms with E-state index >= 15 is 0 Å². The quantitative estimate of drug-likeness (QED) is 0.852. The molecule has 0 atom stereocenters. The Bertz CT molecular complexity index is 608. The van der Waals surface area contributed by atoms with Crippen LogP contribution in [-0.2, 0) is 13.1 Å². The molecule has 0 bridgehead atoms. The van der Waals surface area contributed by atoms with Crippen molar-refractivity contribution in [1.82, 2.24) is 14.7 Å². The van der Waals surface area contributed by atoms with Crippen LogP contribution in [0.2, 0.25) is 0 Å². The van der Waals surface area contributed by atoms with Gasteiger partial charge in [-0.05, 0) is 33.6 Å². The third-order valence-electron chi connectivity index (χ3n) is 3.47. The van der Waals surface area contributed by atoms with Gasteiger partial charge in [-0.3, -0.25) is 9.58 Å². The summed E-state index contributed by atoms with van der Waals surface area (Å²) in [7, 11) is 0. The fraction of sp³-hybridized carbons (Fsp3) is 0.357. The summed E-state index contributed by atoms with van der Waals surface area (Å²) in [6.45, 7) is 3.46. The molecule has 3 nitrogen and oxygen atoms in total. The minimum Gasteiger partial charge on any atom is -0.298 e. The van der Waals surface area contributed by atoms with E-state index in [0.717, 1.165) is 29.7 Å². The van der Waals surface area contributed by atoms with E-state index < -0.39 is 11.6 Å². The molecule has 0 aliphatic carbocycles. The molecule has 3 rings (SSSR count). The zero-order chi connectivity index (χ0) is 14.1. The molecular weight excluding hydrogens is 328 g/mol. The lowest BCUT2D eigenvalue weighted by molar-refractivity contribution is 0.0776. The van der Waals surface area contributed by atoms with E-state index in [2.05, 4.69) is 25.9 Å². The molecule has 1 aliphatic rings. The van der Waals surface area contributed by atoms with Gasteiger partial charge in [-0.15, -0.1) is 0 Å². The Hall–Kier alpha value is -1.27. The normalized spacial score (nSPS) is 16.4. The van der Waals surface area contributed by atoms with Crippen LogP contribution >= 0.6 is 15.9 Å². The van der Waals surface area contributed by atoms with Gasteiger partial charge in [-0.2, -0.15) is 5.10 Å². The van der Waals surface area contributed by atoms with Crippen LogP contribution < -0.4 is 0 Å². The molecule has 1 aromatic heterocycles. The predicted octanol–water partition coefficient (Wildman–Crippen LogP) is 3.06. The van der Waals surface area contributed by atoms with Gasteiger partial charge in [0, 0.05) is 38.3 Å². The Balaban J connectivity index is 1.49. The Labute approximate surface area is 124 Å². The number of nitrogens with zero attached hydrogens (tertiary/aromatic N) is 3. The number of benzene rings is 1. The number of hydrogen-bond acceptors (Lipinski definition) is 2. The van der Waals surface area contributed by atoms with Gasteiger partial charge in [0.2, 0.25) is 0 Å². The van der Waals surface area contributed by atoms with Crippen molar-refractivity contribution in [1.29, 1.82) is 0 Å². The molecule has 2 heterocycles. The Kier molecular flexibility index (Phi) is 3.85. The van der Waals surface area contributed by atoms with Crippen LogP contribution in [0, 0.1) is 17.6 Å². The maximum Gasteiger partial charge on any atom is 0.159 e. The van der Waals surface area contributed by atoms with Gasteiger partial charge in [-0.1, -0.05) is 6.07 Å². The minimum atomic E-state index is -0.792. The summed E-state index contributed by atoms with van der Waals surface area (Å²) in [6, 6.07) is 4.09. The predicted molar refractivity (Wildman–Crippen MR) is 75.1 cm³/mol. The van der Waals surface area contributed by atoms with Gasteiger partial charge >= 0.3 is 0 Å². The molecule has 1 aliphatic heterocycles. The Morgan fingerprint density at radius 2 is 2.05 bits per heavy atom. The summed E-state index contributed by atoms with van der Waals surface area (Å²) in [5, 5.41) is 4.23. The van der Waals surface area contributed by atoms with Crippen molar-refractivity contribution in [3.8, 4) is 0 Å². The van der Waals surface area contributed by atoms with E-state index in [-0.39, 0.29) is 0 Å². The zero-order valence-corrected chi connectivity index (χ0v) is 12.4. The summed E-state index contributed by atoms with van der Waals surface area (Å²) in [6.07, 6.45) is 3.73. The highest BCUT2D eigenvalue weighted by Crippen LogP contribution is 2.21. The fourth-order valence-electron chi connectivity index (χ4n) is 2.52. The number of halogens is 3. The molecule has 106 valence electrons. The lowest BCUT2D eigenvalue weighted by atomic mass is 9.99. The van der Waals surface area contributed by atoms with Crippen molar-refractivity contribution >= 4 is 15.9 Å².